The monoisotopic (exact) mass is 314 g/mol. The Morgan fingerprint density at radius 1 is 1.29 bits per heavy atom. The number of benzene rings is 1. The molecule has 0 aliphatic carbocycles. The van der Waals surface area contributed by atoms with E-state index in [-0.39, 0.29) is 38.4 Å². The van der Waals surface area contributed by atoms with Crippen molar-refractivity contribution >= 4 is 16.0 Å². The van der Waals surface area contributed by atoms with E-state index < -0.39 is 16.0 Å². The van der Waals surface area contributed by atoms with Crippen LogP contribution < -0.4 is 5.73 Å². The first-order chi connectivity index (χ1) is 9.99. The standard InChI is InChI=1S/C14H22N2O4S/c1-2-20-14(17)8-11-21(18,19)16(10-9-15)12-13-6-4-3-5-7-13/h3-7H,2,8-12,15H2,1H3. The maximum atomic E-state index is 12.3. The molecule has 0 aliphatic heterocycles. The first-order valence-electron chi connectivity index (χ1n) is 6.87. The van der Waals surface area contributed by atoms with Gasteiger partial charge in [0.15, 0.2) is 0 Å². The lowest BCUT2D eigenvalue weighted by molar-refractivity contribution is -0.142. The fraction of sp³-hybridized carbons (Fsp3) is 0.500. The van der Waals surface area contributed by atoms with Crippen LogP contribution in [0.3, 0.4) is 0 Å². The van der Waals surface area contributed by atoms with Gasteiger partial charge in [-0.05, 0) is 12.5 Å². The number of carbonyl (C=O) groups is 1. The third-order valence-electron chi connectivity index (χ3n) is 2.84. The predicted octanol–water partition coefficient (Wildman–Crippen LogP) is 0.730. The maximum Gasteiger partial charge on any atom is 0.306 e. The summed E-state index contributed by atoms with van der Waals surface area (Å²) in [7, 11) is -3.54. The predicted molar refractivity (Wildman–Crippen MR) is 80.9 cm³/mol. The van der Waals surface area contributed by atoms with Gasteiger partial charge in [0, 0.05) is 19.6 Å². The van der Waals surface area contributed by atoms with Crippen LogP contribution in [0.4, 0.5) is 0 Å². The van der Waals surface area contributed by atoms with Crippen LogP contribution in [-0.4, -0.2) is 44.1 Å². The lowest BCUT2D eigenvalue weighted by atomic mass is 10.2. The Morgan fingerprint density at radius 3 is 2.52 bits per heavy atom. The van der Waals surface area contributed by atoms with Crippen molar-refractivity contribution in [1.29, 1.82) is 0 Å². The second-order valence-electron chi connectivity index (χ2n) is 4.48. The smallest absolute Gasteiger partial charge is 0.306 e. The van der Waals surface area contributed by atoms with Crippen molar-refractivity contribution in [2.45, 2.75) is 19.9 Å². The summed E-state index contributed by atoms with van der Waals surface area (Å²) >= 11 is 0. The highest BCUT2D eigenvalue weighted by Crippen LogP contribution is 2.10. The molecule has 1 rings (SSSR count). The van der Waals surface area contributed by atoms with E-state index in [0.717, 1.165) is 5.56 Å². The molecule has 1 aromatic rings. The number of sulfonamides is 1. The van der Waals surface area contributed by atoms with E-state index in [1.807, 2.05) is 30.3 Å². The maximum absolute atomic E-state index is 12.3. The molecule has 0 radical (unpaired) electrons. The number of hydrogen-bond donors (Lipinski definition) is 1. The van der Waals surface area contributed by atoms with Crippen LogP contribution in [-0.2, 0) is 26.1 Å². The van der Waals surface area contributed by atoms with Gasteiger partial charge >= 0.3 is 5.97 Å². The number of hydrogen-bond acceptors (Lipinski definition) is 5. The van der Waals surface area contributed by atoms with Crippen LogP contribution in [0.15, 0.2) is 30.3 Å². The molecule has 2 N–H and O–H groups in total. The van der Waals surface area contributed by atoms with Gasteiger partial charge in [-0.3, -0.25) is 4.79 Å². The van der Waals surface area contributed by atoms with E-state index >= 15 is 0 Å². The summed E-state index contributed by atoms with van der Waals surface area (Å²) in [5, 5.41) is 0. The van der Waals surface area contributed by atoms with Crippen LogP contribution in [0.1, 0.15) is 18.9 Å². The molecule has 0 bridgehead atoms. The SMILES string of the molecule is CCOC(=O)CCS(=O)(=O)N(CCN)Cc1ccccc1. The fourth-order valence-corrected chi connectivity index (χ4v) is 3.23. The lowest BCUT2D eigenvalue weighted by Gasteiger charge is -2.21. The number of nitrogens with two attached hydrogens (primary N) is 1. The minimum absolute atomic E-state index is 0.147. The van der Waals surface area contributed by atoms with Crippen LogP contribution in [0, 0.1) is 0 Å². The van der Waals surface area contributed by atoms with Gasteiger partial charge in [-0.1, -0.05) is 30.3 Å². The van der Waals surface area contributed by atoms with Crippen molar-refractivity contribution in [2.75, 3.05) is 25.4 Å². The molecule has 0 fully saturated rings. The number of carbonyl (C=O) groups excluding carboxylic acids is 1. The van der Waals surface area contributed by atoms with Crippen molar-refractivity contribution < 1.29 is 17.9 Å². The molecule has 0 atom stereocenters. The van der Waals surface area contributed by atoms with Gasteiger partial charge in [-0.2, -0.15) is 4.31 Å². The number of rotatable bonds is 9. The lowest BCUT2D eigenvalue weighted by Crippen LogP contribution is -2.37. The molecule has 0 unspecified atom stereocenters. The number of ether oxygens (including phenoxy) is 1. The Hall–Kier alpha value is -1.44. The summed E-state index contributed by atoms with van der Waals surface area (Å²) in [5.74, 6) is -0.771. The van der Waals surface area contributed by atoms with Gasteiger partial charge in [0.1, 0.15) is 0 Å². The molecule has 7 heteroatoms. The summed E-state index contributed by atoms with van der Waals surface area (Å²) in [6.07, 6.45) is -0.147. The summed E-state index contributed by atoms with van der Waals surface area (Å²) < 4.78 is 30.6. The zero-order chi connectivity index (χ0) is 15.7. The number of nitrogens with zero attached hydrogens (tertiary/aromatic N) is 1. The quantitative estimate of drug-likeness (QED) is 0.679. The van der Waals surface area contributed by atoms with Crippen molar-refractivity contribution in [2.24, 2.45) is 5.73 Å². The topological polar surface area (TPSA) is 89.7 Å². The zero-order valence-corrected chi connectivity index (χ0v) is 13.0. The molecule has 0 heterocycles. The van der Waals surface area contributed by atoms with Crippen LogP contribution in [0.5, 0.6) is 0 Å². The van der Waals surface area contributed by atoms with Crippen molar-refractivity contribution in [3.63, 3.8) is 0 Å². The average Bonchev–Trinajstić information content (AvgIpc) is 2.46. The summed E-state index contributed by atoms with van der Waals surface area (Å²) in [6.45, 7) is 2.63. The number of esters is 1. The van der Waals surface area contributed by atoms with E-state index in [1.54, 1.807) is 6.92 Å². The highest BCUT2D eigenvalue weighted by Gasteiger charge is 2.23. The van der Waals surface area contributed by atoms with E-state index in [1.165, 1.54) is 4.31 Å². The van der Waals surface area contributed by atoms with Crippen molar-refractivity contribution in [3.05, 3.63) is 35.9 Å². The Kier molecular flexibility index (Phi) is 7.35. The molecule has 6 nitrogen and oxygen atoms in total. The minimum Gasteiger partial charge on any atom is -0.466 e. The molecule has 21 heavy (non-hydrogen) atoms. The first kappa shape index (κ1) is 17.6. The second-order valence-corrected chi connectivity index (χ2v) is 6.57. The third kappa shape index (κ3) is 6.24. The summed E-state index contributed by atoms with van der Waals surface area (Å²) in [6, 6.07) is 9.27. The molecule has 0 amide bonds. The van der Waals surface area contributed by atoms with E-state index in [0.29, 0.717) is 0 Å². The second kappa shape index (κ2) is 8.76. The molecule has 118 valence electrons. The molecule has 0 aliphatic rings. The van der Waals surface area contributed by atoms with Gasteiger partial charge in [0.25, 0.3) is 0 Å². The van der Waals surface area contributed by atoms with E-state index in [2.05, 4.69) is 0 Å². The van der Waals surface area contributed by atoms with Crippen molar-refractivity contribution in [1.82, 2.24) is 4.31 Å². The third-order valence-corrected chi connectivity index (χ3v) is 4.66. The molecule has 1 aromatic carbocycles. The average molecular weight is 314 g/mol. The summed E-state index contributed by atoms with van der Waals surface area (Å²) in [4.78, 5) is 11.3. The molecule has 0 saturated heterocycles. The Labute approximate surface area is 125 Å². The highest BCUT2D eigenvalue weighted by molar-refractivity contribution is 7.89. The van der Waals surface area contributed by atoms with Gasteiger partial charge in [0.05, 0.1) is 18.8 Å². The Morgan fingerprint density at radius 2 is 1.95 bits per heavy atom. The van der Waals surface area contributed by atoms with Crippen LogP contribution in [0.2, 0.25) is 0 Å². The van der Waals surface area contributed by atoms with Gasteiger partial charge in [-0.25, -0.2) is 8.42 Å². The summed E-state index contributed by atoms with van der Waals surface area (Å²) in [5.41, 5.74) is 6.37. The highest BCUT2D eigenvalue weighted by atomic mass is 32.2. The first-order valence-corrected chi connectivity index (χ1v) is 8.48. The van der Waals surface area contributed by atoms with E-state index in [9.17, 15) is 13.2 Å². The van der Waals surface area contributed by atoms with Gasteiger partial charge in [0.2, 0.25) is 10.0 Å². The zero-order valence-electron chi connectivity index (χ0n) is 12.2. The molecule has 0 spiro atoms. The van der Waals surface area contributed by atoms with Crippen LogP contribution in [0.25, 0.3) is 0 Å². The minimum atomic E-state index is -3.54. The Bertz CT molecular complexity index is 531. The Balaban J connectivity index is 2.71. The van der Waals surface area contributed by atoms with Gasteiger partial charge < -0.3 is 10.5 Å². The normalized spacial score (nSPS) is 11.6. The van der Waals surface area contributed by atoms with Crippen LogP contribution >= 0.6 is 0 Å². The molecule has 0 saturated carbocycles. The largest absolute Gasteiger partial charge is 0.466 e. The molecular weight excluding hydrogens is 292 g/mol. The van der Waals surface area contributed by atoms with Crippen molar-refractivity contribution in [3.8, 4) is 0 Å². The van der Waals surface area contributed by atoms with E-state index in [4.69, 9.17) is 10.5 Å². The molecular formula is C14H22N2O4S. The molecule has 0 aromatic heterocycles. The van der Waals surface area contributed by atoms with Gasteiger partial charge in [-0.15, -0.1) is 0 Å². The fourth-order valence-electron chi connectivity index (χ4n) is 1.82.